The molecule has 0 heterocycles. The van der Waals surface area contributed by atoms with Crippen molar-refractivity contribution in [1.82, 2.24) is 0 Å². The van der Waals surface area contributed by atoms with Gasteiger partial charge in [-0.25, -0.2) is 0 Å². The Balaban J connectivity index is 1.73. The van der Waals surface area contributed by atoms with E-state index in [0.29, 0.717) is 12.2 Å². The Kier molecular flexibility index (Phi) is 6.34. The highest BCUT2D eigenvalue weighted by atomic mass is 32.2. The number of nitrogens with one attached hydrogen (secondary N) is 1. The second-order valence-corrected chi connectivity index (χ2v) is 5.60. The Hall–Kier alpha value is -2.45. The average Bonchev–Trinajstić information content (AvgIpc) is 2.55. The van der Waals surface area contributed by atoms with E-state index in [2.05, 4.69) is 5.32 Å². The van der Waals surface area contributed by atoms with Gasteiger partial charge in [0, 0.05) is 22.8 Å². The highest BCUT2D eigenvalue weighted by Crippen LogP contribution is 2.19. The monoisotopic (exact) mass is 312 g/mol. The third kappa shape index (κ3) is 5.51. The van der Waals surface area contributed by atoms with Crippen LogP contribution in [-0.2, 0) is 4.79 Å². The molecule has 0 saturated heterocycles. The fourth-order valence-corrected chi connectivity index (χ4v) is 2.62. The highest BCUT2D eigenvalue weighted by molar-refractivity contribution is 7.99. The summed E-state index contributed by atoms with van der Waals surface area (Å²) in [6.07, 6.45) is 0.451. The molecule has 0 aliphatic heterocycles. The summed E-state index contributed by atoms with van der Waals surface area (Å²) in [4.78, 5) is 13.0. The van der Waals surface area contributed by atoms with Crippen LogP contribution in [0.25, 0.3) is 0 Å². The summed E-state index contributed by atoms with van der Waals surface area (Å²) in [5.41, 5.74) is 0.721. The summed E-state index contributed by atoms with van der Waals surface area (Å²) in [5, 5.41) is 11.3. The molecule has 0 aromatic heterocycles. The van der Waals surface area contributed by atoms with E-state index in [4.69, 9.17) is 10.00 Å². The molecule has 0 aliphatic rings. The lowest BCUT2D eigenvalue weighted by Crippen LogP contribution is -2.12. The quantitative estimate of drug-likeness (QED) is 0.792. The van der Waals surface area contributed by atoms with Crippen LogP contribution in [0.3, 0.4) is 0 Å². The van der Waals surface area contributed by atoms with Crippen molar-refractivity contribution in [2.75, 3.05) is 17.7 Å². The fourth-order valence-electron chi connectivity index (χ4n) is 1.75. The van der Waals surface area contributed by atoms with Crippen LogP contribution in [0.15, 0.2) is 59.5 Å². The van der Waals surface area contributed by atoms with Crippen molar-refractivity contribution in [1.29, 1.82) is 5.26 Å². The summed E-state index contributed by atoms with van der Waals surface area (Å²) in [6.45, 7) is 0.0163. The van der Waals surface area contributed by atoms with Crippen LogP contribution in [0, 0.1) is 11.3 Å². The lowest BCUT2D eigenvalue weighted by atomic mass is 10.3. The van der Waals surface area contributed by atoms with E-state index in [1.165, 1.54) is 0 Å². The van der Waals surface area contributed by atoms with E-state index in [-0.39, 0.29) is 12.5 Å². The van der Waals surface area contributed by atoms with Crippen molar-refractivity contribution in [3.8, 4) is 11.8 Å². The molecule has 0 bridgehead atoms. The van der Waals surface area contributed by atoms with Gasteiger partial charge < -0.3 is 10.1 Å². The first-order chi connectivity index (χ1) is 10.8. The van der Waals surface area contributed by atoms with Crippen molar-refractivity contribution in [3.05, 3.63) is 54.6 Å². The van der Waals surface area contributed by atoms with E-state index in [1.54, 1.807) is 36.0 Å². The first kappa shape index (κ1) is 15.9. The molecule has 0 saturated carbocycles. The maximum absolute atomic E-state index is 11.9. The zero-order valence-electron chi connectivity index (χ0n) is 12.0. The van der Waals surface area contributed by atoms with Gasteiger partial charge in [-0.2, -0.15) is 5.26 Å². The molecule has 4 nitrogen and oxygen atoms in total. The largest absolute Gasteiger partial charge is 0.479 e. The zero-order valence-corrected chi connectivity index (χ0v) is 12.8. The summed E-state index contributed by atoms with van der Waals surface area (Å²) in [6, 6.07) is 18.9. The van der Waals surface area contributed by atoms with Crippen molar-refractivity contribution in [2.24, 2.45) is 0 Å². The lowest BCUT2D eigenvalue weighted by Gasteiger charge is -2.06. The third-order valence-corrected chi connectivity index (χ3v) is 3.80. The standard InChI is InChI=1S/C17H16N2O2S/c18-11-12-21-15-8-6-14(7-9-15)19-17(20)10-13-22-16-4-2-1-3-5-16/h1-9H,10,12-13H2,(H,19,20). The number of hydrogen-bond donors (Lipinski definition) is 1. The van der Waals surface area contributed by atoms with Gasteiger partial charge in [-0.1, -0.05) is 18.2 Å². The van der Waals surface area contributed by atoms with E-state index < -0.39 is 0 Å². The van der Waals surface area contributed by atoms with Crippen molar-refractivity contribution < 1.29 is 9.53 Å². The van der Waals surface area contributed by atoms with Crippen molar-refractivity contribution in [3.63, 3.8) is 0 Å². The number of carbonyl (C=O) groups excluding carboxylic acids is 1. The minimum atomic E-state index is -0.0193. The van der Waals surface area contributed by atoms with Crippen LogP contribution in [0.2, 0.25) is 0 Å². The molecular weight excluding hydrogens is 296 g/mol. The molecule has 1 amide bonds. The Morgan fingerprint density at radius 2 is 1.86 bits per heavy atom. The molecule has 0 atom stereocenters. The Bertz CT molecular complexity index is 636. The van der Waals surface area contributed by atoms with Gasteiger partial charge >= 0.3 is 0 Å². The minimum absolute atomic E-state index is 0.0163. The minimum Gasteiger partial charge on any atom is -0.479 e. The number of amides is 1. The molecule has 0 fully saturated rings. The van der Waals surface area contributed by atoms with Crippen LogP contribution >= 0.6 is 11.8 Å². The number of nitriles is 1. The van der Waals surface area contributed by atoms with E-state index in [0.717, 1.165) is 16.3 Å². The maximum Gasteiger partial charge on any atom is 0.225 e. The zero-order chi connectivity index (χ0) is 15.6. The van der Waals surface area contributed by atoms with Gasteiger partial charge in [-0.15, -0.1) is 11.8 Å². The molecular formula is C17H16N2O2S. The molecule has 0 spiro atoms. The number of ether oxygens (including phenoxy) is 1. The number of thioether (sulfide) groups is 1. The molecule has 1 N–H and O–H groups in total. The van der Waals surface area contributed by atoms with E-state index in [9.17, 15) is 4.79 Å². The van der Waals surface area contributed by atoms with Crippen LogP contribution in [0.5, 0.6) is 5.75 Å². The van der Waals surface area contributed by atoms with Crippen LogP contribution in [0.1, 0.15) is 6.42 Å². The molecule has 2 aromatic carbocycles. The maximum atomic E-state index is 11.9. The number of rotatable bonds is 7. The second-order valence-electron chi connectivity index (χ2n) is 4.43. The molecule has 0 radical (unpaired) electrons. The Morgan fingerprint density at radius 3 is 2.55 bits per heavy atom. The predicted molar refractivity (Wildman–Crippen MR) is 88.0 cm³/mol. The second kappa shape index (κ2) is 8.75. The van der Waals surface area contributed by atoms with Gasteiger partial charge in [0.25, 0.3) is 0 Å². The first-order valence-electron chi connectivity index (χ1n) is 6.85. The summed E-state index contributed by atoms with van der Waals surface area (Å²) >= 11 is 1.66. The van der Waals surface area contributed by atoms with Gasteiger partial charge in [0.1, 0.15) is 11.8 Å². The van der Waals surface area contributed by atoms with Gasteiger partial charge in [0.05, 0.1) is 0 Å². The van der Waals surface area contributed by atoms with Gasteiger partial charge in [-0.3, -0.25) is 4.79 Å². The first-order valence-corrected chi connectivity index (χ1v) is 7.84. The topological polar surface area (TPSA) is 62.1 Å². The lowest BCUT2D eigenvalue weighted by molar-refractivity contribution is -0.115. The smallest absolute Gasteiger partial charge is 0.225 e. The van der Waals surface area contributed by atoms with E-state index in [1.807, 2.05) is 36.4 Å². The SMILES string of the molecule is N#CCOc1ccc(NC(=O)CCSc2ccccc2)cc1. The summed E-state index contributed by atoms with van der Waals surface area (Å²) < 4.78 is 5.15. The number of anilines is 1. The number of nitrogens with zero attached hydrogens (tertiary/aromatic N) is 1. The fraction of sp³-hybridized carbons (Fsp3) is 0.176. The number of carbonyl (C=O) groups is 1. The van der Waals surface area contributed by atoms with E-state index >= 15 is 0 Å². The number of benzene rings is 2. The van der Waals surface area contributed by atoms with Crippen LogP contribution in [-0.4, -0.2) is 18.3 Å². The van der Waals surface area contributed by atoms with Gasteiger partial charge in [0.2, 0.25) is 5.91 Å². The van der Waals surface area contributed by atoms with Crippen LogP contribution < -0.4 is 10.1 Å². The number of hydrogen-bond acceptors (Lipinski definition) is 4. The Morgan fingerprint density at radius 1 is 1.14 bits per heavy atom. The van der Waals surface area contributed by atoms with Gasteiger partial charge in [0.15, 0.2) is 6.61 Å². The third-order valence-electron chi connectivity index (χ3n) is 2.78. The Labute approximate surface area is 134 Å². The normalized spacial score (nSPS) is 9.77. The molecule has 22 heavy (non-hydrogen) atoms. The van der Waals surface area contributed by atoms with Crippen LogP contribution in [0.4, 0.5) is 5.69 Å². The molecule has 112 valence electrons. The average molecular weight is 312 g/mol. The predicted octanol–water partition coefficient (Wildman–Crippen LogP) is 3.71. The highest BCUT2D eigenvalue weighted by Gasteiger charge is 2.03. The molecule has 0 aliphatic carbocycles. The van der Waals surface area contributed by atoms with Crippen molar-refractivity contribution in [2.45, 2.75) is 11.3 Å². The summed E-state index contributed by atoms with van der Waals surface area (Å²) in [5.74, 6) is 1.33. The van der Waals surface area contributed by atoms with Crippen molar-refractivity contribution >= 4 is 23.4 Å². The summed E-state index contributed by atoms with van der Waals surface area (Å²) in [7, 11) is 0. The molecule has 5 heteroatoms. The molecule has 0 unspecified atom stereocenters. The molecule has 2 aromatic rings. The molecule has 2 rings (SSSR count). The van der Waals surface area contributed by atoms with Gasteiger partial charge in [-0.05, 0) is 36.4 Å².